The molecule has 0 spiro atoms. The van der Waals surface area contributed by atoms with Crippen LogP contribution in [-0.2, 0) is 4.79 Å². The Morgan fingerprint density at radius 3 is 2.28 bits per heavy atom. The summed E-state index contributed by atoms with van der Waals surface area (Å²) in [6.07, 6.45) is 1.88. The van der Waals surface area contributed by atoms with Gasteiger partial charge in [-0.1, -0.05) is 60.3 Å². The lowest BCUT2D eigenvalue weighted by atomic mass is 10.1. The highest BCUT2D eigenvalue weighted by molar-refractivity contribution is 8.04. The first-order valence-corrected chi connectivity index (χ1v) is 11.5. The third-order valence-corrected chi connectivity index (χ3v) is 6.80. The first-order valence-electron chi connectivity index (χ1n) is 10.7. The number of hydrogen-bond acceptors (Lipinski definition) is 4. The molecule has 3 aromatic carbocycles. The fourth-order valence-corrected chi connectivity index (χ4v) is 4.91. The largest absolute Gasteiger partial charge is 0.368 e. The number of carbonyl (C=O) groups excluding carboxylic acids is 2. The number of hydrogen-bond donors (Lipinski definition) is 1. The molecule has 6 heteroatoms. The van der Waals surface area contributed by atoms with Crippen LogP contribution in [0.5, 0.6) is 0 Å². The molecule has 0 aromatic heterocycles. The topological polar surface area (TPSA) is 52.7 Å². The number of nitrogens with one attached hydrogen (secondary N) is 1. The lowest BCUT2D eigenvalue weighted by Crippen LogP contribution is -2.48. The van der Waals surface area contributed by atoms with Crippen molar-refractivity contribution < 1.29 is 9.59 Å². The number of rotatable bonds is 3. The summed E-state index contributed by atoms with van der Waals surface area (Å²) in [5.41, 5.74) is 3.47. The minimum absolute atomic E-state index is 0.00499. The Hall–Kier alpha value is -3.51. The van der Waals surface area contributed by atoms with E-state index in [4.69, 9.17) is 0 Å². The van der Waals surface area contributed by atoms with Gasteiger partial charge >= 0.3 is 0 Å². The highest BCUT2D eigenvalue weighted by atomic mass is 32.2. The van der Waals surface area contributed by atoms with Gasteiger partial charge in [0.2, 0.25) is 0 Å². The van der Waals surface area contributed by atoms with Crippen molar-refractivity contribution >= 4 is 41.0 Å². The van der Waals surface area contributed by atoms with Crippen LogP contribution >= 0.6 is 11.8 Å². The maximum atomic E-state index is 13.1. The molecule has 3 aromatic rings. The summed E-state index contributed by atoms with van der Waals surface area (Å²) in [5.74, 6) is -0.141. The molecule has 0 unspecified atom stereocenters. The second kappa shape index (κ2) is 8.93. The summed E-state index contributed by atoms with van der Waals surface area (Å²) in [4.78, 5) is 31.5. The molecule has 1 fully saturated rings. The van der Waals surface area contributed by atoms with Gasteiger partial charge in [0.15, 0.2) is 0 Å². The summed E-state index contributed by atoms with van der Waals surface area (Å²) in [7, 11) is 0. The standard InChI is InChI=1S/C26H23N3O2S/c30-25-24(17-19-7-3-1-4-8-19)32-23-12-11-20(18-22(23)27-25)26(31)29-15-13-28(14-16-29)21-9-5-2-6-10-21/h1-12,17-18H,13-16H2,(H,27,30)/b24-17-. The predicted octanol–water partition coefficient (Wildman–Crippen LogP) is 4.73. The third kappa shape index (κ3) is 4.27. The second-order valence-corrected chi connectivity index (χ2v) is 8.88. The van der Waals surface area contributed by atoms with Gasteiger partial charge in [-0.05, 0) is 42.0 Å². The van der Waals surface area contributed by atoms with Crippen molar-refractivity contribution in [2.45, 2.75) is 4.90 Å². The van der Waals surface area contributed by atoms with E-state index >= 15 is 0 Å². The van der Waals surface area contributed by atoms with Crippen LogP contribution in [0.2, 0.25) is 0 Å². The maximum Gasteiger partial charge on any atom is 0.262 e. The minimum Gasteiger partial charge on any atom is -0.368 e. The van der Waals surface area contributed by atoms with Crippen molar-refractivity contribution in [3.05, 3.63) is 94.9 Å². The van der Waals surface area contributed by atoms with Crippen LogP contribution in [-0.4, -0.2) is 42.9 Å². The molecule has 0 saturated carbocycles. The van der Waals surface area contributed by atoms with E-state index in [0.29, 0.717) is 29.2 Å². The van der Waals surface area contributed by atoms with E-state index in [0.717, 1.165) is 23.5 Å². The van der Waals surface area contributed by atoms with Gasteiger partial charge in [0.25, 0.3) is 11.8 Å². The smallest absolute Gasteiger partial charge is 0.262 e. The number of anilines is 2. The quantitative estimate of drug-likeness (QED) is 0.597. The molecular weight excluding hydrogens is 418 g/mol. The molecule has 32 heavy (non-hydrogen) atoms. The van der Waals surface area contributed by atoms with E-state index < -0.39 is 0 Å². The predicted molar refractivity (Wildman–Crippen MR) is 130 cm³/mol. The van der Waals surface area contributed by atoms with E-state index in [2.05, 4.69) is 22.3 Å². The van der Waals surface area contributed by atoms with Gasteiger partial charge in [0.05, 0.1) is 10.6 Å². The highest BCUT2D eigenvalue weighted by Crippen LogP contribution is 2.39. The number of fused-ring (bicyclic) bond motifs is 1. The van der Waals surface area contributed by atoms with Gasteiger partial charge in [-0.3, -0.25) is 9.59 Å². The summed E-state index contributed by atoms with van der Waals surface area (Å²) >= 11 is 1.43. The Morgan fingerprint density at radius 2 is 1.56 bits per heavy atom. The van der Waals surface area contributed by atoms with Gasteiger partial charge < -0.3 is 15.1 Å². The molecule has 2 amide bonds. The van der Waals surface area contributed by atoms with Gasteiger partial charge in [0, 0.05) is 42.3 Å². The summed E-state index contributed by atoms with van der Waals surface area (Å²) in [6, 6.07) is 25.6. The van der Waals surface area contributed by atoms with E-state index in [9.17, 15) is 9.59 Å². The Labute approximate surface area is 191 Å². The van der Waals surface area contributed by atoms with Crippen molar-refractivity contribution in [2.24, 2.45) is 0 Å². The van der Waals surface area contributed by atoms with Crippen LogP contribution in [0.3, 0.4) is 0 Å². The Kier molecular flexibility index (Phi) is 5.69. The van der Waals surface area contributed by atoms with E-state index in [1.165, 1.54) is 17.4 Å². The SMILES string of the molecule is O=C1Nc2cc(C(=O)N3CCN(c4ccccc4)CC3)ccc2S/C1=C\c1ccccc1. The van der Waals surface area contributed by atoms with E-state index in [1.54, 1.807) is 6.07 Å². The first-order chi connectivity index (χ1) is 15.7. The van der Waals surface area contributed by atoms with Crippen LogP contribution in [0.1, 0.15) is 15.9 Å². The van der Waals surface area contributed by atoms with Gasteiger partial charge in [0.1, 0.15) is 0 Å². The summed E-state index contributed by atoms with van der Waals surface area (Å²) < 4.78 is 0. The zero-order valence-corrected chi connectivity index (χ0v) is 18.3. The fraction of sp³-hybridized carbons (Fsp3) is 0.154. The normalized spacial score (nSPS) is 17.1. The monoisotopic (exact) mass is 441 g/mol. The first kappa shape index (κ1) is 20.4. The number of piperazine rings is 1. The van der Waals surface area contributed by atoms with Crippen LogP contribution < -0.4 is 10.2 Å². The van der Waals surface area contributed by atoms with Crippen molar-refractivity contribution in [2.75, 3.05) is 36.4 Å². The molecule has 5 nitrogen and oxygen atoms in total. The van der Waals surface area contributed by atoms with Crippen LogP contribution in [0.25, 0.3) is 6.08 Å². The molecule has 5 rings (SSSR count). The van der Waals surface area contributed by atoms with Gasteiger partial charge in [-0.25, -0.2) is 0 Å². The number of thioether (sulfide) groups is 1. The zero-order chi connectivity index (χ0) is 21.9. The van der Waals surface area contributed by atoms with Gasteiger partial charge in [-0.2, -0.15) is 0 Å². The molecule has 0 radical (unpaired) electrons. The van der Waals surface area contributed by atoms with E-state index in [-0.39, 0.29) is 11.8 Å². The number of benzene rings is 3. The zero-order valence-electron chi connectivity index (χ0n) is 17.5. The number of amides is 2. The van der Waals surface area contributed by atoms with E-state index in [1.807, 2.05) is 71.6 Å². The highest BCUT2D eigenvalue weighted by Gasteiger charge is 2.25. The molecule has 160 valence electrons. The minimum atomic E-state index is -0.146. The molecular formula is C26H23N3O2S. The Bertz CT molecular complexity index is 1170. The summed E-state index contributed by atoms with van der Waals surface area (Å²) in [5, 5.41) is 2.95. The molecule has 2 aliphatic rings. The molecule has 1 saturated heterocycles. The average Bonchev–Trinajstić information content (AvgIpc) is 2.85. The molecule has 1 N–H and O–H groups in total. The second-order valence-electron chi connectivity index (χ2n) is 7.80. The maximum absolute atomic E-state index is 13.1. The van der Waals surface area contributed by atoms with Crippen molar-refractivity contribution in [3.63, 3.8) is 0 Å². The molecule has 0 bridgehead atoms. The van der Waals surface area contributed by atoms with Crippen LogP contribution in [0.15, 0.2) is 88.7 Å². The van der Waals surface area contributed by atoms with Crippen molar-refractivity contribution in [3.8, 4) is 0 Å². The van der Waals surface area contributed by atoms with Crippen molar-refractivity contribution in [1.29, 1.82) is 0 Å². The van der Waals surface area contributed by atoms with Gasteiger partial charge in [-0.15, -0.1) is 0 Å². The molecule has 0 atom stereocenters. The number of para-hydroxylation sites is 1. The van der Waals surface area contributed by atoms with Crippen LogP contribution in [0, 0.1) is 0 Å². The third-order valence-electron chi connectivity index (χ3n) is 5.70. The summed E-state index contributed by atoms with van der Waals surface area (Å²) in [6.45, 7) is 2.97. The Morgan fingerprint density at radius 1 is 0.875 bits per heavy atom. The number of carbonyl (C=O) groups is 2. The lowest BCUT2D eigenvalue weighted by Gasteiger charge is -2.36. The molecule has 2 aliphatic heterocycles. The number of nitrogens with zero attached hydrogens (tertiary/aromatic N) is 2. The van der Waals surface area contributed by atoms with Crippen molar-refractivity contribution in [1.82, 2.24) is 4.90 Å². The molecule has 0 aliphatic carbocycles. The lowest BCUT2D eigenvalue weighted by molar-refractivity contribution is -0.112. The fourth-order valence-electron chi connectivity index (χ4n) is 3.98. The average molecular weight is 442 g/mol. The Balaban J connectivity index is 1.28. The molecule has 2 heterocycles. The van der Waals surface area contributed by atoms with Crippen LogP contribution in [0.4, 0.5) is 11.4 Å².